The number of nitrogen functional groups attached to an aromatic ring is 1. The molecule has 0 saturated carbocycles. The summed E-state index contributed by atoms with van der Waals surface area (Å²) >= 11 is 0. The molecule has 0 bridgehead atoms. The normalized spacial score (nSPS) is 14.3. The molecule has 0 aromatic carbocycles. The molecule has 0 spiro atoms. The van der Waals surface area contributed by atoms with Crippen molar-refractivity contribution in [1.29, 1.82) is 0 Å². The Balaban J connectivity index is 2.55. The fourth-order valence-electron chi connectivity index (χ4n) is 1.78. The average molecular weight is 229 g/mol. The van der Waals surface area contributed by atoms with Crippen LogP contribution < -0.4 is 5.73 Å². The number of aromatic nitrogens is 2. The number of aryl methyl sites for hydroxylation is 1. The molecule has 0 fully saturated rings. The first-order chi connectivity index (χ1) is 8.01. The molecule has 3 N–H and O–H groups in total. The second-order valence-electron chi connectivity index (χ2n) is 4.26. The Labute approximate surface area is 100 Å². The van der Waals surface area contributed by atoms with Gasteiger partial charge in [-0.05, 0) is 31.5 Å². The van der Waals surface area contributed by atoms with Crippen molar-refractivity contribution in [1.82, 2.24) is 9.97 Å². The van der Waals surface area contributed by atoms with E-state index in [1.807, 2.05) is 19.1 Å². The van der Waals surface area contributed by atoms with Gasteiger partial charge in [0.1, 0.15) is 11.4 Å². The molecule has 1 atom stereocenters. The van der Waals surface area contributed by atoms with Gasteiger partial charge < -0.3 is 10.8 Å². The summed E-state index contributed by atoms with van der Waals surface area (Å²) < 4.78 is 0. The van der Waals surface area contributed by atoms with E-state index >= 15 is 0 Å². The molecule has 88 valence electrons. The number of nitrogens with zero attached hydrogens (tertiary/aromatic N) is 2. The summed E-state index contributed by atoms with van der Waals surface area (Å²) in [4.78, 5) is 8.08. The van der Waals surface area contributed by atoms with Crippen LogP contribution in [0.25, 0.3) is 0 Å². The number of pyridine rings is 2. The minimum atomic E-state index is -1.18. The molecule has 17 heavy (non-hydrogen) atoms. The lowest BCUT2D eigenvalue weighted by atomic mass is 9.89. The first-order valence-corrected chi connectivity index (χ1v) is 5.37. The quantitative estimate of drug-likeness (QED) is 0.820. The molecule has 0 aliphatic heterocycles. The zero-order valence-corrected chi connectivity index (χ0v) is 9.88. The lowest BCUT2D eigenvalue weighted by molar-refractivity contribution is 0.102. The topological polar surface area (TPSA) is 72.0 Å². The minimum absolute atomic E-state index is 0.337. The second-order valence-corrected chi connectivity index (χ2v) is 4.26. The monoisotopic (exact) mass is 229 g/mol. The lowest BCUT2D eigenvalue weighted by Crippen LogP contribution is -2.25. The Morgan fingerprint density at radius 1 is 1.35 bits per heavy atom. The highest BCUT2D eigenvalue weighted by atomic mass is 16.3. The van der Waals surface area contributed by atoms with E-state index in [1.165, 1.54) is 0 Å². The van der Waals surface area contributed by atoms with Crippen LogP contribution in [0, 0.1) is 6.92 Å². The van der Waals surface area contributed by atoms with Crippen LogP contribution in [0.2, 0.25) is 0 Å². The molecule has 0 aliphatic carbocycles. The smallest absolute Gasteiger partial charge is 0.129 e. The van der Waals surface area contributed by atoms with Crippen molar-refractivity contribution in [2.45, 2.75) is 19.4 Å². The molecule has 0 aliphatic rings. The summed E-state index contributed by atoms with van der Waals surface area (Å²) in [6, 6.07) is 5.44. The lowest BCUT2D eigenvalue weighted by Gasteiger charge is -2.25. The van der Waals surface area contributed by atoms with E-state index in [2.05, 4.69) is 9.97 Å². The molecule has 0 radical (unpaired) electrons. The summed E-state index contributed by atoms with van der Waals surface area (Å²) in [5, 5.41) is 10.6. The largest absolute Gasteiger partial charge is 0.383 e. The minimum Gasteiger partial charge on any atom is -0.383 e. The van der Waals surface area contributed by atoms with Gasteiger partial charge in [-0.1, -0.05) is 6.07 Å². The summed E-state index contributed by atoms with van der Waals surface area (Å²) in [7, 11) is 0. The van der Waals surface area contributed by atoms with E-state index in [0.717, 1.165) is 5.56 Å². The Bertz CT molecular complexity index is 523. The van der Waals surface area contributed by atoms with Crippen molar-refractivity contribution in [3.63, 3.8) is 0 Å². The van der Waals surface area contributed by atoms with E-state index in [1.54, 1.807) is 31.6 Å². The van der Waals surface area contributed by atoms with Crippen molar-refractivity contribution >= 4 is 5.82 Å². The Hall–Kier alpha value is -1.94. The van der Waals surface area contributed by atoms with Gasteiger partial charge in [-0.3, -0.25) is 4.98 Å². The van der Waals surface area contributed by atoms with Crippen molar-refractivity contribution < 1.29 is 5.11 Å². The molecule has 1 unspecified atom stereocenters. The van der Waals surface area contributed by atoms with E-state index in [-0.39, 0.29) is 0 Å². The molecular formula is C13H15N3O. The summed E-state index contributed by atoms with van der Waals surface area (Å²) in [6.45, 7) is 3.60. The van der Waals surface area contributed by atoms with Crippen LogP contribution in [0.4, 0.5) is 5.82 Å². The van der Waals surface area contributed by atoms with Crippen molar-refractivity contribution in [3.05, 3.63) is 53.5 Å². The van der Waals surface area contributed by atoms with Crippen LogP contribution in [0.15, 0.2) is 36.8 Å². The molecule has 2 heterocycles. The number of anilines is 1. The van der Waals surface area contributed by atoms with E-state index in [0.29, 0.717) is 16.9 Å². The van der Waals surface area contributed by atoms with Gasteiger partial charge in [0.05, 0.1) is 0 Å². The SMILES string of the molecule is Cc1cnc(N)c(C(C)(O)c2cccnc2)c1. The van der Waals surface area contributed by atoms with Crippen molar-refractivity contribution in [2.75, 3.05) is 5.73 Å². The van der Waals surface area contributed by atoms with Crippen LogP contribution in [0.1, 0.15) is 23.6 Å². The standard InChI is InChI=1S/C13H15N3O/c1-9-6-11(12(14)16-7-9)13(2,17)10-4-3-5-15-8-10/h3-8,17H,1-2H3,(H2,14,16). The first kappa shape index (κ1) is 11.5. The second kappa shape index (κ2) is 4.14. The van der Waals surface area contributed by atoms with Gasteiger partial charge in [-0.15, -0.1) is 0 Å². The van der Waals surface area contributed by atoms with Gasteiger partial charge in [0.25, 0.3) is 0 Å². The highest BCUT2D eigenvalue weighted by Crippen LogP contribution is 2.31. The van der Waals surface area contributed by atoms with Gasteiger partial charge >= 0.3 is 0 Å². The maximum absolute atomic E-state index is 10.6. The third kappa shape index (κ3) is 2.12. The summed E-state index contributed by atoms with van der Waals surface area (Å²) in [5.74, 6) is 0.337. The molecule has 2 rings (SSSR count). The molecule has 0 saturated heterocycles. The maximum atomic E-state index is 10.6. The highest BCUT2D eigenvalue weighted by Gasteiger charge is 2.28. The van der Waals surface area contributed by atoms with Crippen LogP contribution >= 0.6 is 0 Å². The third-order valence-corrected chi connectivity index (χ3v) is 2.80. The molecular weight excluding hydrogens is 214 g/mol. The van der Waals surface area contributed by atoms with E-state index in [4.69, 9.17) is 5.73 Å². The van der Waals surface area contributed by atoms with Crippen LogP contribution in [-0.4, -0.2) is 15.1 Å². The zero-order valence-electron chi connectivity index (χ0n) is 9.88. The average Bonchev–Trinajstić information content (AvgIpc) is 2.33. The summed E-state index contributed by atoms with van der Waals surface area (Å²) in [5.41, 5.74) is 6.89. The molecule has 4 nitrogen and oxygen atoms in total. The van der Waals surface area contributed by atoms with E-state index < -0.39 is 5.60 Å². The Kier molecular flexibility index (Phi) is 2.81. The number of nitrogens with two attached hydrogens (primary N) is 1. The Morgan fingerprint density at radius 3 is 2.76 bits per heavy atom. The molecule has 2 aromatic heterocycles. The van der Waals surface area contributed by atoms with Gasteiger partial charge in [-0.25, -0.2) is 4.98 Å². The van der Waals surface area contributed by atoms with Crippen molar-refractivity contribution in [3.8, 4) is 0 Å². The van der Waals surface area contributed by atoms with Gasteiger partial charge in [0.15, 0.2) is 0 Å². The zero-order chi connectivity index (χ0) is 12.5. The number of rotatable bonds is 2. The predicted octanol–water partition coefficient (Wildman–Crippen LogP) is 1.62. The summed E-state index contributed by atoms with van der Waals surface area (Å²) in [6.07, 6.45) is 4.97. The molecule has 2 aromatic rings. The van der Waals surface area contributed by atoms with Gasteiger partial charge in [0, 0.05) is 29.7 Å². The van der Waals surface area contributed by atoms with Crippen LogP contribution in [0.3, 0.4) is 0 Å². The van der Waals surface area contributed by atoms with Crippen LogP contribution in [0.5, 0.6) is 0 Å². The van der Waals surface area contributed by atoms with Crippen LogP contribution in [-0.2, 0) is 5.60 Å². The number of hydrogen-bond acceptors (Lipinski definition) is 4. The van der Waals surface area contributed by atoms with E-state index in [9.17, 15) is 5.11 Å². The highest BCUT2D eigenvalue weighted by molar-refractivity contribution is 5.48. The maximum Gasteiger partial charge on any atom is 0.129 e. The van der Waals surface area contributed by atoms with Gasteiger partial charge in [0.2, 0.25) is 0 Å². The number of aliphatic hydroxyl groups is 1. The molecule has 4 heteroatoms. The number of hydrogen-bond donors (Lipinski definition) is 2. The predicted molar refractivity (Wildman–Crippen MR) is 66.3 cm³/mol. The van der Waals surface area contributed by atoms with Gasteiger partial charge in [-0.2, -0.15) is 0 Å². The fourth-order valence-corrected chi connectivity index (χ4v) is 1.78. The first-order valence-electron chi connectivity index (χ1n) is 5.37. The fraction of sp³-hybridized carbons (Fsp3) is 0.231. The Morgan fingerprint density at radius 2 is 2.12 bits per heavy atom. The third-order valence-electron chi connectivity index (χ3n) is 2.80. The van der Waals surface area contributed by atoms with Crippen molar-refractivity contribution in [2.24, 2.45) is 0 Å². The molecule has 0 amide bonds.